The van der Waals surface area contributed by atoms with Crippen molar-refractivity contribution in [3.8, 4) is 0 Å². The third-order valence-corrected chi connectivity index (χ3v) is 2.12. The zero-order chi connectivity index (χ0) is 8.97. The highest BCUT2D eigenvalue weighted by molar-refractivity contribution is 5.73. The van der Waals surface area contributed by atoms with Gasteiger partial charge < -0.3 is 9.47 Å². The van der Waals surface area contributed by atoms with Gasteiger partial charge in [-0.25, -0.2) is 4.79 Å². The number of ether oxygens (including phenoxy) is 2. The third-order valence-electron chi connectivity index (χ3n) is 2.12. The first kappa shape index (κ1) is 9.52. The minimum atomic E-state index is -0.409. The predicted molar refractivity (Wildman–Crippen MR) is 44.8 cm³/mol. The highest BCUT2D eigenvalue weighted by atomic mass is 16.6. The van der Waals surface area contributed by atoms with Crippen molar-refractivity contribution < 1.29 is 14.3 Å². The molecule has 1 atom stereocenters. The molecule has 3 heteroatoms. The van der Waals surface area contributed by atoms with Gasteiger partial charge >= 0.3 is 5.97 Å². The van der Waals surface area contributed by atoms with Crippen LogP contribution in [0.25, 0.3) is 0 Å². The molecule has 0 N–H and O–H groups in total. The second kappa shape index (κ2) is 4.45. The first-order chi connectivity index (χ1) is 5.74. The van der Waals surface area contributed by atoms with Crippen LogP contribution in [0, 0.1) is 5.92 Å². The van der Waals surface area contributed by atoms with Crippen LogP contribution in [0.1, 0.15) is 26.2 Å². The summed E-state index contributed by atoms with van der Waals surface area (Å²) in [7, 11) is 1.38. The van der Waals surface area contributed by atoms with E-state index in [4.69, 9.17) is 4.74 Å². The maximum Gasteiger partial charge on any atom is 0.334 e. The summed E-state index contributed by atoms with van der Waals surface area (Å²) in [5.41, 5.74) is 0. The monoisotopic (exact) mass is 172 g/mol. The lowest BCUT2D eigenvalue weighted by Crippen LogP contribution is -2.22. The molecule has 0 aromatic heterocycles. The molecule has 1 saturated carbocycles. The van der Waals surface area contributed by atoms with Crippen molar-refractivity contribution >= 4 is 5.97 Å². The summed E-state index contributed by atoms with van der Waals surface area (Å²) in [6.45, 7) is 2.40. The molecule has 0 aliphatic heterocycles. The SMILES string of the molecule is COC(=O)[C@@H](C)OCCC1CC1. The van der Waals surface area contributed by atoms with Gasteiger partial charge in [-0.2, -0.15) is 0 Å². The smallest absolute Gasteiger partial charge is 0.334 e. The lowest BCUT2D eigenvalue weighted by atomic mass is 10.3. The molecular formula is C9H16O3. The zero-order valence-electron chi connectivity index (χ0n) is 7.71. The van der Waals surface area contributed by atoms with E-state index in [1.54, 1.807) is 6.92 Å². The van der Waals surface area contributed by atoms with E-state index in [1.807, 2.05) is 0 Å². The van der Waals surface area contributed by atoms with Gasteiger partial charge in [0.1, 0.15) is 0 Å². The summed E-state index contributed by atoms with van der Waals surface area (Å²) in [5, 5.41) is 0. The number of rotatable bonds is 5. The van der Waals surface area contributed by atoms with Crippen LogP contribution in [0.3, 0.4) is 0 Å². The van der Waals surface area contributed by atoms with Crippen LogP contribution in [0.5, 0.6) is 0 Å². The molecule has 1 aliphatic rings. The van der Waals surface area contributed by atoms with Crippen LogP contribution in [-0.2, 0) is 14.3 Å². The Hall–Kier alpha value is -0.570. The second-order valence-corrected chi connectivity index (χ2v) is 3.27. The van der Waals surface area contributed by atoms with Crippen LogP contribution in [0.4, 0.5) is 0 Å². The molecule has 0 heterocycles. The Kier molecular flexibility index (Phi) is 3.53. The maximum atomic E-state index is 10.9. The molecule has 12 heavy (non-hydrogen) atoms. The maximum absolute atomic E-state index is 10.9. The van der Waals surface area contributed by atoms with Gasteiger partial charge in [-0.3, -0.25) is 0 Å². The topological polar surface area (TPSA) is 35.5 Å². The van der Waals surface area contributed by atoms with E-state index in [-0.39, 0.29) is 5.97 Å². The molecule has 0 aromatic carbocycles. The van der Waals surface area contributed by atoms with Gasteiger partial charge in [0.2, 0.25) is 0 Å². The normalized spacial score (nSPS) is 18.8. The van der Waals surface area contributed by atoms with Gasteiger partial charge in [-0.15, -0.1) is 0 Å². The Labute approximate surface area is 73.0 Å². The predicted octanol–water partition coefficient (Wildman–Crippen LogP) is 1.36. The molecular weight excluding hydrogens is 156 g/mol. The first-order valence-corrected chi connectivity index (χ1v) is 4.43. The molecule has 0 amide bonds. The number of hydrogen-bond acceptors (Lipinski definition) is 3. The molecule has 0 bridgehead atoms. The highest BCUT2D eigenvalue weighted by Crippen LogP contribution is 2.32. The lowest BCUT2D eigenvalue weighted by Gasteiger charge is -2.09. The van der Waals surface area contributed by atoms with E-state index in [1.165, 1.54) is 20.0 Å². The molecule has 1 rings (SSSR count). The van der Waals surface area contributed by atoms with E-state index < -0.39 is 6.10 Å². The van der Waals surface area contributed by atoms with Crippen LogP contribution in [0.2, 0.25) is 0 Å². The summed E-state index contributed by atoms with van der Waals surface area (Å²) >= 11 is 0. The number of hydrogen-bond donors (Lipinski definition) is 0. The van der Waals surface area contributed by atoms with Gasteiger partial charge in [-0.05, 0) is 19.3 Å². The fourth-order valence-corrected chi connectivity index (χ4v) is 1.05. The summed E-state index contributed by atoms with van der Waals surface area (Å²) in [6.07, 6.45) is 3.33. The largest absolute Gasteiger partial charge is 0.467 e. The summed E-state index contributed by atoms with van der Waals surface area (Å²) in [4.78, 5) is 10.9. The molecule has 0 unspecified atom stereocenters. The van der Waals surface area contributed by atoms with Crippen molar-refractivity contribution in [2.75, 3.05) is 13.7 Å². The minimum absolute atomic E-state index is 0.286. The molecule has 0 saturated heterocycles. The summed E-state index contributed by atoms with van der Waals surface area (Å²) in [6, 6.07) is 0. The molecule has 1 aliphatic carbocycles. The highest BCUT2D eigenvalue weighted by Gasteiger charge is 2.21. The fraction of sp³-hybridized carbons (Fsp3) is 0.889. The van der Waals surface area contributed by atoms with Crippen molar-refractivity contribution in [1.82, 2.24) is 0 Å². The fourth-order valence-electron chi connectivity index (χ4n) is 1.05. The quantitative estimate of drug-likeness (QED) is 0.587. The molecule has 0 spiro atoms. The van der Waals surface area contributed by atoms with Crippen LogP contribution >= 0.6 is 0 Å². The Balaban J connectivity index is 2.00. The van der Waals surface area contributed by atoms with Gasteiger partial charge in [0.15, 0.2) is 6.10 Å². The Bertz CT molecular complexity index is 152. The standard InChI is InChI=1S/C9H16O3/c1-7(9(10)11-2)12-6-5-8-3-4-8/h7-8H,3-6H2,1-2H3/t7-/m1/s1. The average molecular weight is 172 g/mol. The number of esters is 1. The van der Waals surface area contributed by atoms with Crippen molar-refractivity contribution in [1.29, 1.82) is 0 Å². The van der Waals surface area contributed by atoms with Gasteiger partial charge in [0, 0.05) is 6.61 Å². The van der Waals surface area contributed by atoms with Gasteiger partial charge in [-0.1, -0.05) is 12.8 Å². The Morgan fingerprint density at radius 2 is 2.25 bits per heavy atom. The van der Waals surface area contributed by atoms with Crippen molar-refractivity contribution in [3.63, 3.8) is 0 Å². The average Bonchev–Trinajstić information content (AvgIpc) is 2.86. The number of carbonyl (C=O) groups is 1. The molecule has 3 nitrogen and oxygen atoms in total. The van der Waals surface area contributed by atoms with Gasteiger partial charge in [0.05, 0.1) is 7.11 Å². The van der Waals surface area contributed by atoms with Crippen LogP contribution in [-0.4, -0.2) is 25.8 Å². The molecule has 1 fully saturated rings. The summed E-state index contributed by atoms with van der Waals surface area (Å²) < 4.78 is 9.79. The zero-order valence-corrected chi connectivity index (χ0v) is 7.71. The Morgan fingerprint density at radius 3 is 2.75 bits per heavy atom. The lowest BCUT2D eigenvalue weighted by molar-refractivity contribution is -0.152. The van der Waals surface area contributed by atoms with Crippen LogP contribution in [0.15, 0.2) is 0 Å². The van der Waals surface area contributed by atoms with Crippen molar-refractivity contribution in [3.05, 3.63) is 0 Å². The van der Waals surface area contributed by atoms with E-state index in [9.17, 15) is 4.79 Å². The number of methoxy groups -OCH3 is 1. The first-order valence-electron chi connectivity index (χ1n) is 4.43. The number of carbonyl (C=O) groups excluding carboxylic acids is 1. The second-order valence-electron chi connectivity index (χ2n) is 3.27. The third kappa shape index (κ3) is 3.22. The minimum Gasteiger partial charge on any atom is -0.467 e. The Morgan fingerprint density at radius 1 is 1.58 bits per heavy atom. The van der Waals surface area contributed by atoms with E-state index >= 15 is 0 Å². The van der Waals surface area contributed by atoms with Crippen molar-refractivity contribution in [2.45, 2.75) is 32.3 Å². The van der Waals surface area contributed by atoms with Gasteiger partial charge in [0.25, 0.3) is 0 Å². The van der Waals surface area contributed by atoms with E-state index in [0.717, 1.165) is 12.3 Å². The van der Waals surface area contributed by atoms with Crippen molar-refractivity contribution in [2.24, 2.45) is 5.92 Å². The van der Waals surface area contributed by atoms with E-state index in [0.29, 0.717) is 6.61 Å². The summed E-state index contributed by atoms with van der Waals surface area (Å²) in [5.74, 6) is 0.570. The van der Waals surface area contributed by atoms with E-state index in [2.05, 4.69) is 4.74 Å². The molecule has 70 valence electrons. The molecule has 0 aromatic rings. The van der Waals surface area contributed by atoms with Crippen LogP contribution < -0.4 is 0 Å². The molecule has 0 radical (unpaired) electrons.